The number of nitrogens with zero attached hydrogens (tertiary/aromatic N) is 2. The number of nitrogens with one attached hydrogen (secondary N) is 2. The lowest BCUT2D eigenvalue weighted by molar-refractivity contribution is 0.251. The lowest BCUT2D eigenvalue weighted by atomic mass is 10.1. The van der Waals surface area contributed by atoms with Crippen LogP contribution in [0.1, 0.15) is 11.1 Å². The predicted octanol–water partition coefficient (Wildman–Crippen LogP) is 1.96. The maximum atomic E-state index is 11.9. The summed E-state index contributed by atoms with van der Waals surface area (Å²) in [7, 11) is 3.81. The SMILES string of the molecule is CN(C)c1ccc(NC(=O)NCc2ccccc2CO)cn1. The van der Waals surface area contributed by atoms with E-state index < -0.39 is 0 Å². The molecule has 0 aliphatic heterocycles. The van der Waals surface area contributed by atoms with E-state index in [1.54, 1.807) is 12.3 Å². The fourth-order valence-corrected chi connectivity index (χ4v) is 1.96. The van der Waals surface area contributed by atoms with Crippen molar-refractivity contribution in [2.45, 2.75) is 13.2 Å². The van der Waals surface area contributed by atoms with Gasteiger partial charge in [0.15, 0.2) is 0 Å². The van der Waals surface area contributed by atoms with Crippen LogP contribution in [0.3, 0.4) is 0 Å². The molecule has 2 rings (SSSR count). The van der Waals surface area contributed by atoms with Crippen LogP contribution in [-0.4, -0.2) is 30.2 Å². The number of carbonyl (C=O) groups excluding carboxylic acids is 1. The van der Waals surface area contributed by atoms with E-state index in [9.17, 15) is 9.90 Å². The number of aromatic nitrogens is 1. The zero-order valence-corrected chi connectivity index (χ0v) is 12.7. The second kappa shape index (κ2) is 7.42. The average molecular weight is 300 g/mol. The summed E-state index contributed by atoms with van der Waals surface area (Å²) in [5.74, 6) is 0.822. The van der Waals surface area contributed by atoms with Crippen molar-refractivity contribution < 1.29 is 9.90 Å². The molecule has 6 nitrogen and oxygen atoms in total. The third-order valence-electron chi connectivity index (χ3n) is 3.19. The minimum absolute atomic E-state index is 0.0462. The molecule has 3 N–H and O–H groups in total. The quantitative estimate of drug-likeness (QED) is 0.789. The first kappa shape index (κ1) is 15.8. The lowest BCUT2D eigenvalue weighted by Crippen LogP contribution is -2.28. The summed E-state index contributed by atoms with van der Waals surface area (Å²) in [4.78, 5) is 18.0. The van der Waals surface area contributed by atoms with Gasteiger partial charge in [0.1, 0.15) is 5.82 Å². The van der Waals surface area contributed by atoms with Gasteiger partial charge in [-0.2, -0.15) is 0 Å². The molecule has 1 aromatic carbocycles. The van der Waals surface area contributed by atoms with E-state index >= 15 is 0 Å². The molecule has 2 aromatic rings. The maximum absolute atomic E-state index is 11.9. The highest BCUT2D eigenvalue weighted by Crippen LogP contribution is 2.12. The van der Waals surface area contributed by atoms with Crippen LogP contribution in [-0.2, 0) is 13.2 Å². The van der Waals surface area contributed by atoms with E-state index in [4.69, 9.17) is 0 Å². The first-order valence-electron chi connectivity index (χ1n) is 6.96. The van der Waals surface area contributed by atoms with Crippen molar-refractivity contribution in [3.05, 3.63) is 53.7 Å². The fraction of sp³-hybridized carbons (Fsp3) is 0.250. The molecule has 1 heterocycles. The summed E-state index contributed by atoms with van der Waals surface area (Å²) in [6.45, 7) is 0.307. The molecule has 0 saturated carbocycles. The highest BCUT2D eigenvalue weighted by Gasteiger charge is 2.05. The molecule has 0 radical (unpaired) electrons. The lowest BCUT2D eigenvalue weighted by Gasteiger charge is -2.12. The number of carbonyl (C=O) groups is 1. The van der Waals surface area contributed by atoms with Gasteiger partial charge in [0, 0.05) is 20.6 Å². The van der Waals surface area contributed by atoms with Crippen LogP contribution in [0, 0.1) is 0 Å². The molecule has 0 atom stereocenters. The molecule has 0 spiro atoms. The van der Waals surface area contributed by atoms with Crippen molar-refractivity contribution in [3.63, 3.8) is 0 Å². The minimum Gasteiger partial charge on any atom is -0.392 e. The Labute approximate surface area is 129 Å². The number of hydrogen-bond donors (Lipinski definition) is 3. The summed E-state index contributed by atoms with van der Waals surface area (Å²) in [5, 5.41) is 14.7. The molecular formula is C16H20N4O2. The monoisotopic (exact) mass is 300 g/mol. The number of urea groups is 1. The highest BCUT2D eigenvalue weighted by molar-refractivity contribution is 5.89. The van der Waals surface area contributed by atoms with Crippen LogP contribution in [0.5, 0.6) is 0 Å². The van der Waals surface area contributed by atoms with E-state index in [0.717, 1.165) is 16.9 Å². The Kier molecular flexibility index (Phi) is 5.32. The van der Waals surface area contributed by atoms with Gasteiger partial charge in [0.05, 0.1) is 18.5 Å². The largest absolute Gasteiger partial charge is 0.392 e. The summed E-state index contributed by atoms with van der Waals surface area (Å²) >= 11 is 0. The topological polar surface area (TPSA) is 77.5 Å². The number of anilines is 2. The maximum Gasteiger partial charge on any atom is 0.319 e. The van der Waals surface area contributed by atoms with Gasteiger partial charge in [-0.15, -0.1) is 0 Å². The van der Waals surface area contributed by atoms with Gasteiger partial charge in [-0.1, -0.05) is 24.3 Å². The van der Waals surface area contributed by atoms with Gasteiger partial charge in [-0.25, -0.2) is 9.78 Å². The van der Waals surface area contributed by atoms with Crippen molar-refractivity contribution in [2.75, 3.05) is 24.3 Å². The highest BCUT2D eigenvalue weighted by atomic mass is 16.3. The molecule has 0 bridgehead atoms. The van der Waals surface area contributed by atoms with Crippen LogP contribution in [0.2, 0.25) is 0 Å². The van der Waals surface area contributed by atoms with Gasteiger partial charge in [-0.05, 0) is 23.3 Å². The van der Waals surface area contributed by atoms with E-state index in [2.05, 4.69) is 15.6 Å². The minimum atomic E-state index is -0.313. The molecule has 116 valence electrons. The molecule has 22 heavy (non-hydrogen) atoms. The number of hydrogen-bond acceptors (Lipinski definition) is 4. The van der Waals surface area contributed by atoms with Gasteiger partial charge in [0.2, 0.25) is 0 Å². The molecule has 0 unspecified atom stereocenters. The smallest absolute Gasteiger partial charge is 0.319 e. The summed E-state index contributed by atoms with van der Waals surface area (Å²) in [5.41, 5.74) is 2.32. The number of aliphatic hydroxyl groups is 1. The van der Waals surface area contributed by atoms with E-state index in [0.29, 0.717) is 12.2 Å². The standard InChI is InChI=1S/C16H20N4O2/c1-20(2)15-8-7-14(10-17-15)19-16(22)18-9-12-5-3-4-6-13(12)11-21/h3-8,10,21H,9,11H2,1-2H3,(H2,18,19,22). The Morgan fingerprint density at radius 3 is 2.50 bits per heavy atom. The van der Waals surface area contributed by atoms with Crippen molar-refractivity contribution in [1.82, 2.24) is 10.3 Å². The Morgan fingerprint density at radius 1 is 1.18 bits per heavy atom. The number of benzene rings is 1. The molecular weight excluding hydrogens is 280 g/mol. The number of amides is 2. The predicted molar refractivity (Wildman–Crippen MR) is 86.8 cm³/mol. The molecule has 0 aliphatic rings. The van der Waals surface area contributed by atoms with Gasteiger partial charge in [0.25, 0.3) is 0 Å². The van der Waals surface area contributed by atoms with Crippen LogP contribution in [0.4, 0.5) is 16.3 Å². The normalized spacial score (nSPS) is 10.1. The molecule has 0 saturated heterocycles. The number of pyridine rings is 1. The fourth-order valence-electron chi connectivity index (χ4n) is 1.96. The Hall–Kier alpha value is -2.60. The van der Waals surface area contributed by atoms with Crippen molar-refractivity contribution >= 4 is 17.5 Å². The molecule has 0 fully saturated rings. The summed E-state index contributed by atoms with van der Waals surface area (Å²) in [6.07, 6.45) is 1.61. The molecule has 0 aliphatic carbocycles. The third kappa shape index (κ3) is 4.20. The summed E-state index contributed by atoms with van der Waals surface area (Å²) in [6, 6.07) is 10.7. The second-order valence-corrected chi connectivity index (χ2v) is 5.03. The van der Waals surface area contributed by atoms with Gasteiger partial charge < -0.3 is 20.6 Å². The van der Waals surface area contributed by atoms with E-state index in [1.165, 1.54) is 0 Å². The Balaban J connectivity index is 1.90. The molecule has 2 amide bonds. The first-order valence-corrected chi connectivity index (χ1v) is 6.96. The van der Waals surface area contributed by atoms with E-state index in [1.807, 2.05) is 49.3 Å². The average Bonchev–Trinajstić information content (AvgIpc) is 2.53. The second-order valence-electron chi connectivity index (χ2n) is 5.03. The number of aliphatic hydroxyl groups excluding tert-OH is 1. The van der Waals surface area contributed by atoms with Crippen LogP contribution in [0.25, 0.3) is 0 Å². The Morgan fingerprint density at radius 2 is 1.91 bits per heavy atom. The number of rotatable bonds is 5. The Bertz CT molecular complexity index is 626. The van der Waals surface area contributed by atoms with Crippen molar-refractivity contribution in [1.29, 1.82) is 0 Å². The van der Waals surface area contributed by atoms with Crippen molar-refractivity contribution in [2.24, 2.45) is 0 Å². The third-order valence-corrected chi connectivity index (χ3v) is 3.19. The molecule has 6 heteroatoms. The summed E-state index contributed by atoms with van der Waals surface area (Å²) < 4.78 is 0. The molecule has 1 aromatic heterocycles. The van der Waals surface area contributed by atoms with Crippen LogP contribution in [0.15, 0.2) is 42.6 Å². The van der Waals surface area contributed by atoms with Gasteiger partial charge in [-0.3, -0.25) is 0 Å². The van der Waals surface area contributed by atoms with Crippen LogP contribution < -0.4 is 15.5 Å². The van der Waals surface area contributed by atoms with Crippen LogP contribution >= 0.6 is 0 Å². The zero-order valence-electron chi connectivity index (χ0n) is 12.7. The van der Waals surface area contributed by atoms with Crippen molar-refractivity contribution in [3.8, 4) is 0 Å². The zero-order chi connectivity index (χ0) is 15.9. The van der Waals surface area contributed by atoms with E-state index in [-0.39, 0.29) is 12.6 Å². The van der Waals surface area contributed by atoms with Gasteiger partial charge >= 0.3 is 6.03 Å². The first-order chi connectivity index (χ1) is 10.6.